The molecule has 0 bridgehead atoms. The highest BCUT2D eigenvalue weighted by Gasteiger charge is 2.30. The summed E-state index contributed by atoms with van der Waals surface area (Å²) in [6.07, 6.45) is 0. The summed E-state index contributed by atoms with van der Waals surface area (Å²) < 4.78 is 1.83. The van der Waals surface area contributed by atoms with Gasteiger partial charge in [-0.3, -0.25) is 14.5 Å². The lowest BCUT2D eigenvalue weighted by atomic mass is 9.84. The van der Waals surface area contributed by atoms with Crippen LogP contribution in [-0.4, -0.2) is 34.5 Å². The van der Waals surface area contributed by atoms with E-state index in [0.717, 1.165) is 22.2 Å². The molecular formula is C24H27N5O. The van der Waals surface area contributed by atoms with Gasteiger partial charge in [0.2, 0.25) is 0 Å². The molecule has 1 amide bonds. The van der Waals surface area contributed by atoms with Crippen molar-refractivity contribution in [3.05, 3.63) is 65.4 Å². The van der Waals surface area contributed by atoms with Crippen LogP contribution < -0.4 is 5.32 Å². The molecule has 0 aliphatic heterocycles. The van der Waals surface area contributed by atoms with Crippen LogP contribution in [0.2, 0.25) is 0 Å². The Balaban J connectivity index is 1.96. The Bertz CT molecular complexity index is 1130. The Labute approximate surface area is 177 Å². The van der Waals surface area contributed by atoms with E-state index >= 15 is 0 Å². The molecule has 3 aromatic rings. The van der Waals surface area contributed by atoms with Crippen LogP contribution in [-0.2, 0) is 6.54 Å². The van der Waals surface area contributed by atoms with E-state index in [4.69, 9.17) is 5.26 Å². The molecule has 6 nitrogen and oxygen atoms in total. The smallest absolute Gasteiger partial charge is 0.272 e. The zero-order valence-electron chi connectivity index (χ0n) is 18.1. The summed E-state index contributed by atoms with van der Waals surface area (Å²) in [5.74, 6) is -0.215. The predicted octanol–water partition coefficient (Wildman–Crippen LogP) is 4.19. The Morgan fingerprint density at radius 3 is 2.47 bits per heavy atom. The van der Waals surface area contributed by atoms with E-state index in [1.807, 2.05) is 48.0 Å². The van der Waals surface area contributed by atoms with E-state index in [1.165, 1.54) is 0 Å². The van der Waals surface area contributed by atoms with Gasteiger partial charge in [0.25, 0.3) is 5.91 Å². The van der Waals surface area contributed by atoms with Gasteiger partial charge in [0.15, 0.2) is 5.69 Å². The van der Waals surface area contributed by atoms with E-state index < -0.39 is 0 Å². The lowest BCUT2D eigenvalue weighted by Crippen LogP contribution is -2.48. The van der Waals surface area contributed by atoms with Crippen molar-refractivity contribution < 1.29 is 4.79 Å². The average molecular weight is 402 g/mol. The molecule has 0 aliphatic carbocycles. The zero-order valence-corrected chi connectivity index (χ0v) is 18.1. The van der Waals surface area contributed by atoms with Gasteiger partial charge >= 0.3 is 0 Å². The summed E-state index contributed by atoms with van der Waals surface area (Å²) in [7, 11) is 1.74. The average Bonchev–Trinajstić information content (AvgIpc) is 3.09. The van der Waals surface area contributed by atoms with Gasteiger partial charge in [-0.15, -0.1) is 0 Å². The van der Waals surface area contributed by atoms with Crippen LogP contribution in [0.1, 0.15) is 49.3 Å². The van der Waals surface area contributed by atoms with Crippen LogP contribution in [0.4, 0.5) is 0 Å². The molecule has 0 spiro atoms. The first kappa shape index (κ1) is 21.3. The number of rotatable bonds is 5. The quantitative estimate of drug-likeness (QED) is 0.651. The first-order valence-electron chi connectivity index (χ1n) is 9.93. The van der Waals surface area contributed by atoms with E-state index in [0.29, 0.717) is 17.8 Å². The Kier molecular flexibility index (Phi) is 6.02. The molecule has 0 unspecified atom stereocenters. The van der Waals surface area contributed by atoms with Gasteiger partial charge in [-0.05, 0) is 36.1 Å². The lowest BCUT2D eigenvalue weighted by molar-refractivity contribution is 0.0920. The zero-order chi connectivity index (χ0) is 21.9. The summed E-state index contributed by atoms with van der Waals surface area (Å²) in [5.41, 5.74) is 3.61. The standard InChI is InChI=1S/C24H27N5O/c1-16(26-5)22(24(2,3)4)27-23(30)21-19-8-6-7-9-20(19)29(28-21)15-18-12-10-17(14-25)11-13-18/h6-13,22H,15H2,1-5H3,(H,27,30)/t22-/m1/s1. The third-order valence-electron chi connectivity index (χ3n) is 5.20. The summed E-state index contributed by atoms with van der Waals surface area (Å²) in [4.78, 5) is 17.5. The third-order valence-corrected chi connectivity index (χ3v) is 5.20. The van der Waals surface area contributed by atoms with Gasteiger partial charge in [0.05, 0.1) is 29.7 Å². The highest BCUT2D eigenvalue weighted by Crippen LogP contribution is 2.23. The van der Waals surface area contributed by atoms with Crippen molar-refractivity contribution in [2.45, 2.75) is 40.3 Å². The minimum atomic E-state index is -0.215. The van der Waals surface area contributed by atoms with Crippen LogP contribution in [0.5, 0.6) is 0 Å². The number of nitrogens with one attached hydrogen (secondary N) is 1. The molecule has 1 aromatic heterocycles. The van der Waals surface area contributed by atoms with E-state index in [9.17, 15) is 4.79 Å². The number of fused-ring (bicyclic) bond motifs is 1. The number of nitriles is 1. The molecule has 0 radical (unpaired) electrons. The number of nitrogens with zero attached hydrogens (tertiary/aromatic N) is 4. The lowest BCUT2D eigenvalue weighted by Gasteiger charge is -2.31. The molecule has 3 rings (SSSR count). The molecule has 30 heavy (non-hydrogen) atoms. The number of benzene rings is 2. The number of aromatic nitrogens is 2. The monoisotopic (exact) mass is 401 g/mol. The maximum absolute atomic E-state index is 13.2. The molecule has 0 aliphatic rings. The summed E-state index contributed by atoms with van der Waals surface area (Å²) in [5, 5.41) is 17.6. The summed E-state index contributed by atoms with van der Waals surface area (Å²) in [6, 6.07) is 17.0. The van der Waals surface area contributed by atoms with Crippen molar-refractivity contribution in [2.24, 2.45) is 10.4 Å². The number of aliphatic imine (C=N–C) groups is 1. The molecule has 154 valence electrons. The molecule has 1 heterocycles. The van der Waals surface area contributed by atoms with E-state index in [1.54, 1.807) is 19.2 Å². The molecule has 1 N–H and O–H groups in total. The second-order valence-electron chi connectivity index (χ2n) is 8.47. The number of hydrogen-bond donors (Lipinski definition) is 1. The molecule has 1 atom stereocenters. The Morgan fingerprint density at radius 1 is 1.20 bits per heavy atom. The number of carbonyl (C=O) groups excluding carboxylic acids is 1. The fourth-order valence-electron chi connectivity index (χ4n) is 3.55. The Morgan fingerprint density at radius 2 is 1.87 bits per heavy atom. The second-order valence-corrected chi connectivity index (χ2v) is 8.47. The third kappa shape index (κ3) is 4.41. The summed E-state index contributed by atoms with van der Waals surface area (Å²) >= 11 is 0. The van der Waals surface area contributed by atoms with Crippen molar-refractivity contribution >= 4 is 22.5 Å². The van der Waals surface area contributed by atoms with Crippen molar-refractivity contribution in [1.29, 1.82) is 5.26 Å². The highest BCUT2D eigenvalue weighted by molar-refractivity contribution is 6.06. The molecule has 2 aromatic carbocycles. The second kappa shape index (κ2) is 8.50. The molecule has 6 heteroatoms. The van der Waals surface area contributed by atoms with Gasteiger partial charge in [-0.2, -0.15) is 10.4 Å². The van der Waals surface area contributed by atoms with Crippen LogP contribution in [0.25, 0.3) is 10.9 Å². The molecule has 0 saturated heterocycles. The van der Waals surface area contributed by atoms with Crippen molar-refractivity contribution in [3.8, 4) is 6.07 Å². The maximum Gasteiger partial charge on any atom is 0.272 e. The van der Waals surface area contributed by atoms with Crippen molar-refractivity contribution in [1.82, 2.24) is 15.1 Å². The van der Waals surface area contributed by atoms with Crippen LogP contribution >= 0.6 is 0 Å². The molecule has 0 fully saturated rings. The fourth-order valence-corrected chi connectivity index (χ4v) is 3.55. The topological polar surface area (TPSA) is 83.1 Å². The van der Waals surface area contributed by atoms with Gasteiger partial charge in [0, 0.05) is 18.1 Å². The van der Waals surface area contributed by atoms with Crippen LogP contribution in [0, 0.1) is 16.7 Å². The Hall–Kier alpha value is -3.46. The minimum Gasteiger partial charge on any atom is -0.342 e. The SMILES string of the molecule is CN=C(C)[C@@H](NC(=O)c1nn(Cc2ccc(C#N)cc2)c2ccccc12)C(C)(C)C. The number of hydrogen-bond acceptors (Lipinski definition) is 4. The first-order chi connectivity index (χ1) is 14.2. The minimum absolute atomic E-state index is 0.180. The van der Waals surface area contributed by atoms with Gasteiger partial charge < -0.3 is 5.32 Å². The largest absolute Gasteiger partial charge is 0.342 e. The molecule has 0 saturated carbocycles. The summed E-state index contributed by atoms with van der Waals surface area (Å²) in [6.45, 7) is 8.67. The predicted molar refractivity (Wildman–Crippen MR) is 120 cm³/mol. The van der Waals surface area contributed by atoms with Gasteiger partial charge in [-0.1, -0.05) is 51.1 Å². The first-order valence-corrected chi connectivity index (χ1v) is 9.93. The maximum atomic E-state index is 13.2. The van der Waals surface area contributed by atoms with Gasteiger partial charge in [0.1, 0.15) is 0 Å². The van der Waals surface area contributed by atoms with E-state index in [2.05, 4.69) is 42.2 Å². The van der Waals surface area contributed by atoms with Crippen LogP contribution in [0.3, 0.4) is 0 Å². The van der Waals surface area contributed by atoms with Crippen molar-refractivity contribution in [2.75, 3.05) is 7.05 Å². The normalized spacial score (nSPS) is 13.1. The highest BCUT2D eigenvalue weighted by atomic mass is 16.2. The van der Waals surface area contributed by atoms with Crippen LogP contribution in [0.15, 0.2) is 53.5 Å². The van der Waals surface area contributed by atoms with Gasteiger partial charge in [-0.25, -0.2) is 0 Å². The molecular weight excluding hydrogens is 374 g/mol. The van der Waals surface area contributed by atoms with Crippen molar-refractivity contribution in [3.63, 3.8) is 0 Å². The van der Waals surface area contributed by atoms with E-state index in [-0.39, 0.29) is 17.4 Å². The fraction of sp³-hybridized carbons (Fsp3) is 0.333. The number of amides is 1. The number of carbonyl (C=O) groups is 1. The number of para-hydroxylation sites is 1.